The smallest absolute Gasteiger partial charge is 0.255 e. The van der Waals surface area contributed by atoms with Gasteiger partial charge < -0.3 is 20.3 Å². The highest BCUT2D eigenvalue weighted by Crippen LogP contribution is 2.24. The van der Waals surface area contributed by atoms with Gasteiger partial charge >= 0.3 is 0 Å². The highest BCUT2D eigenvalue weighted by atomic mass is 35.5. The number of benzene rings is 2. The molecule has 0 spiro atoms. The van der Waals surface area contributed by atoms with Crippen LogP contribution in [0.2, 0.25) is 10.0 Å². The molecule has 0 bridgehead atoms. The number of carbonyl (C=O) groups excluding carboxylic acids is 2. The molecule has 3 rings (SSSR count). The lowest BCUT2D eigenvalue weighted by molar-refractivity contribution is -0.114. The van der Waals surface area contributed by atoms with Crippen LogP contribution in [0, 0.1) is 6.92 Å². The molecular formula is C20H21Cl2N3O3. The summed E-state index contributed by atoms with van der Waals surface area (Å²) in [5.41, 5.74) is 2.66. The van der Waals surface area contributed by atoms with Gasteiger partial charge in [-0.1, -0.05) is 29.3 Å². The van der Waals surface area contributed by atoms with E-state index in [0.29, 0.717) is 53.3 Å². The highest BCUT2D eigenvalue weighted by Gasteiger charge is 2.20. The fraction of sp³-hybridized carbons (Fsp3) is 0.300. The van der Waals surface area contributed by atoms with E-state index in [9.17, 15) is 9.59 Å². The maximum Gasteiger partial charge on any atom is 0.255 e. The Morgan fingerprint density at radius 3 is 2.50 bits per heavy atom. The van der Waals surface area contributed by atoms with E-state index >= 15 is 0 Å². The third-order valence-electron chi connectivity index (χ3n) is 4.35. The van der Waals surface area contributed by atoms with Crippen molar-refractivity contribution in [1.29, 1.82) is 0 Å². The van der Waals surface area contributed by atoms with Crippen LogP contribution in [-0.2, 0) is 9.53 Å². The Morgan fingerprint density at radius 1 is 1.07 bits per heavy atom. The number of carbonyl (C=O) groups is 2. The largest absolute Gasteiger partial charge is 0.378 e. The number of halogens is 2. The molecule has 8 heteroatoms. The van der Waals surface area contributed by atoms with Crippen LogP contribution < -0.4 is 10.6 Å². The van der Waals surface area contributed by atoms with Crippen LogP contribution in [0.4, 0.5) is 11.4 Å². The van der Waals surface area contributed by atoms with Crippen LogP contribution in [0.15, 0.2) is 36.4 Å². The molecule has 1 saturated heterocycles. The fourth-order valence-corrected chi connectivity index (χ4v) is 3.38. The average Bonchev–Trinajstić information content (AvgIpc) is 2.69. The Bertz CT molecular complexity index is 883. The number of anilines is 2. The lowest BCUT2D eigenvalue weighted by atomic mass is 10.1. The number of aryl methyl sites for hydroxylation is 1. The second-order valence-electron chi connectivity index (χ2n) is 6.48. The van der Waals surface area contributed by atoms with Crippen molar-refractivity contribution in [2.75, 3.05) is 43.5 Å². The van der Waals surface area contributed by atoms with Gasteiger partial charge in [0.25, 0.3) is 5.91 Å². The summed E-state index contributed by atoms with van der Waals surface area (Å²) in [6.45, 7) is 4.13. The van der Waals surface area contributed by atoms with Crippen molar-refractivity contribution in [3.63, 3.8) is 0 Å². The average molecular weight is 422 g/mol. The fourth-order valence-electron chi connectivity index (χ4n) is 2.83. The minimum atomic E-state index is -0.240. The van der Waals surface area contributed by atoms with E-state index in [1.165, 1.54) is 0 Å². The van der Waals surface area contributed by atoms with Crippen LogP contribution in [0.5, 0.6) is 0 Å². The number of nitrogens with one attached hydrogen (secondary N) is 2. The SMILES string of the molecule is Cc1ccc(NC(=O)CNc2ccc(C(=O)N3CCOCC3)c(Cl)c2)c(Cl)c1. The van der Waals surface area contributed by atoms with Crippen molar-refractivity contribution in [1.82, 2.24) is 4.90 Å². The van der Waals surface area contributed by atoms with Gasteiger partial charge in [-0.3, -0.25) is 9.59 Å². The lowest BCUT2D eigenvalue weighted by Crippen LogP contribution is -2.40. The lowest BCUT2D eigenvalue weighted by Gasteiger charge is -2.27. The van der Waals surface area contributed by atoms with Gasteiger partial charge in [0.2, 0.25) is 5.91 Å². The van der Waals surface area contributed by atoms with Crippen molar-refractivity contribution in [3.05, 3.63) is 57.6 Å². The molecule has 1 aliphatic heterocycles. The summed E-state index contributed by atoms with van der Waals surface area (Å²) in [4.78, 5) is 26.4. The summed E-state index contributed by atoms with van der Waals surface area (Å²) in [6, 6.07) is 10.5. The number of rotatable bonds is 5. The van der Waals surface area contributed by atoms with Gasteiger partial charge in [0.15, 0.2) is 0 Å². The second kappa shape index (κ2) is 9.28. The molecular weight excluding hydrogens is 401 g/mol. The van der Waals surface area contributed by atoms with Gasteiger partial charge in [-0.05, 0) is 42.8 Å². The molecule has 0 atom stereocenters. The van der Waals surface area contributed by atoms with Gasteiger partial charge in [0.05, 0.1) is 41.1 Å². The second-order valence-corrected chi connectivity index (χ2v) is 7.30. The maximum absolute atomic E-state index is 12.5. The van der Waals surface area contributed by atoms with Gasteiger partial charge in [-0.15, -0.1) is 0 Å². The first-order valence-electron chi connectivity index (χ1n) is 8.90. The van der Waals surface area contributed by atoms with Crippen molar-refractivity contribution < 1.29 is 14.3 Å². The summed E-state index contributed by atoms with van der Waals surface area (Å²) in [5.74, 6) is -0.359. The Hall–Kier alpha value is -2.28. The number of ether oxygens (including phenoxy) is 1. The summed E-state index contributed by atoms with van der Waals surface area (Å²) >= 11 is 12.4. The predicted octanol–water partition coefficient (Wildman–Crippen LogP) is 3.82. The summed E-state index contributed by atoms with van der Waals surface area (Å²) < 4.78 is 5.26. The van der Waals surface area contributed by atoms with E-state index < -0.39 is 0 Å². The molecule has 0 aliphatic carbocycles. The number of morpholine rings is 1. The Labute approximate surface area is 173 Å². The van der Waals surface area contributed by atoms with Crippen LogP contribution in [0.3, 0.4) is 0 Å². The predicted molar refractivity (Wildman–Crippen MR) is 111 cm³/mol. The zero-order chi connectivity index (χ0) is 20.1. The van der Waals surface area contributed by atoms with Gasteiger partial charge in [0, 0.05) is 18.8 Å². The molecule has 28 heavy (non-hydrogen) atoms. The zero-order valence-electron chi connectivity index (χ0n) is 15.4. The Balaban J connectivity index is 1.58. The first-order valence-corrected chi connectivity index (χ1v) is 9.66. The molecule has 2 aromatic carbocycles. The number of amides is 2. The molecule has 2 N–H and O–H groups in total. The molecule has 6 nitrogen and oxygen atoms in total. The number of hydrogen-bond donors (Lipinski definition) is 2. The minimum absolute atomic E-state index is 0.0390. The standard InChI is InChI=1S/C20H21Cl2N3O3/c1-13-2-5-18(17(22)10-13)24-19(26)12-23-14-3-4-15(16(21)11-14)20(27)25-6-8-28-9-7-25/h2-5,10-11,23H,6-9,12H2,1H3,(H,24,26). The molecule has 0 radical (unpaired) electrons. The third kappa shape index (κ3) is 5.16. The molecule has 2 aromatic rings. The molecule has 148 valence electrons. The minimum Gasteiger partial charge on any atom is -0.378 e. The molecule has 0 aromatic heterocycles. The van der Waals surface area contributed by atoms with Crippen LogP contribution >= 0.6 is 23.2 Å². The van der Waals surface area contributed by atoms with E-state index in [4.69, 9.17) is 27.9 Å². The summed E-state index contributed by atoms with van der Waals surface area (Å²) in [6.07, 6.45) is 0. The first kappa shape index (κ1) is 20.5. The normalized spacial score (nSPS) is 13.9. The Morgan fingerprint density at radius 2 is 1.82 bits per heavy atom. The van der Waals surface area contributed by atoms with E-state index in [0.717, 1.165) is 5.56 Å². The van der Waals surface area contributed by atoms with E-state index in [1.807, 2.05) is 13.0 Å². The molecule has 1 aliphatic rings. The van der Waals surface area contributed by atoms with Crippen LogP contribution in [0.1, 0.15) is 15.9 Å². The number of nitrogens with zero attached hydrogens (tertiary/aromatic N) is 1. The van der Waals surface area contributed by atoms with Gasteiger partial charge in [0.1, 0.15) is 0 Å². The highest BCUT2D eigenvalue weighted by molar-refractivity contribution is 6.34. The summed E-state index contributed by atoms with van der Waals surface area (Å²) in [5, 5.41) is 6.58. The topological polar surface area (TPSA) is 70.7 Å². The van der Waals surface area contributed by atoms with Crippen molar-refractivity contribution in [2.45, 2.75) is 6.92 Å². The molecule has 0 unspecified atom stereocenters. The zero-order valence-corrected chi connectivity index (χ0v) is 16.9. The molecule has 0 saturated carbocycles. The maximum atomic E-state index is 12.5. The molecule has 1 fully saturated rings. The van der Waals surface area contributed by atoms with E-state index in [2.05, 4.69) is 10.6 Å². The third-order valence-corrected chi connectivity index (χ3v) is 4.97. The first-order chi connectivity index (χ1) is 13.4. The molecule has 2 amide bonds. The van der Waals surface area contributed by atoms with Crippen LogP contribution in [-0.4, -0.2) is 49.6 Å². The van der Waals surface area contributed by atoms with E-state index in [1.54, 1.807) is 35.2 Å². The molecule has 1 heterocycles. The van der Waals surface area contributed by atoms with Crippen molar-refractivity contribution >= 4 is 46.4 Å². The van der Waals surface area contributed by atoms with Crippen molar-refractivity contribution in [3.8, 4) is 0 Å². The van der Waals surface area contributed by atoms with Gasteiger partial charge in [-0.2, -0.15) is 0 Å². The van der Waals surface area contributed by atoms with Crippen LogP contribution in [0.25, 0.3) is 0 Å². The van der Waals surface area contributed by atoms with Gasteiger partial charge in [-0.25, -0.2) is 0 Å². The van der Waals surface area contributed by atoms with E-state index in [-0.39, 0.29) is 18.4 Å². The number of hydrogen-bond acceptors (Lipinski definition) is 4. The summed E-state index contributed by atoms with van der Waals surface area (Å²) in [7, 11) is 0. The Kier molecular flexibility index (Phi) is 6.78. The van der Waals surface area contributed by atoms with Crippen molar-refractivity contribution in [2.24, 2.45) is 0 Å². The monoisotopic (exact) mass is 421 g/mol. The quantitative estimate of drug-likeness (QED) is 0.769.